The minimum atomic E-state index is -0.688. The molecule has 0 aliphatic carbocycles. The first-order valence-electron chi connectivity index (χ1n) is 8.18. The molecule has 5 nitrogen and oxygen atoms in total. The highest BCUT2D eigenvalue weighted by Gasteiger charge is 2.22. The van der Waals surface area contributed by atoms with Crippen LogP contribution in [0.25, 0.3) is 0 Å². The van der Waals surface area contributed by atoms with Gasteiger partial charge in [-0.15, -0.1) is 0 Å². The molecule has 1 aromatic heterocycles. The van der Waals surface area contributed by atoms with Gasteiger partial charge in [0.25, 0.3) is 5.91 Å². The number of hydrogen-bond donors (Lipinski definition) is 2. The van der Waals surface area contributed by atoms with Gasteiger partial charge in [-0.3, -0.25) is 14.6 Å². The van der Waals surface area contributed by atoms with Gasteiger partial charge in [0.2, 0.25) is 5.91 Å². The SMILES string of the molecule is CC(C)C[C@H](NC(=O)c1cccc(F)c1)C(=O)NCc1cccnc1. The fourth-order valence-corrected chi connectivity index (χ4v) is 2.39. The molecule has 2 rings (SSSR count). The Hall–Kier alpha value is -2.76. The maximum Gasteiger partial charge on any atom is 0.252 e. The Bertz CT molecular complexity index is 720. The third-order valence-electron chi connectivity index (χ3n) is 3.61. The molecule has 1 heterocycles. The molecule has 0 fully saturated rings. The molecule has 0 bridgehead atoms. The van der Waals surface area contributed by atoms with Gasteiger partial charge < -0.3 is 10.6 Å². The third kappa shape index (κ3) is 5.99. The zero-order valence-electron chi connectivity index (χ0n) is 14.3. The zero-order valence-corrected chi connectivity index (χ0v) is 14.3. The predicted molar refractivity (Wildman–Crippen MR) is 93.2 cm³/mol. The quantitative estimate of drug-likeness (QED) is 0.812. The first kappa shape index (κ1) is 18.6. The standard InChI is InChI=1S/C19H22FN3O2/c1-13(2)9-17(19(25)22-12-14-5-4-8-21-11-14)23-18(24)15-6-3-7-16(20)10-15/h3-8,10-11,13,17H,9,12H2,1-2H3,(H,22,25)(H,23,24)/t17-/m0/s1. The molecule has 0 aliphatic heterocycles. The second-order valence-electron chi connectivity index (χ2n) is 6.25. The van der Waals surface area contributed by atoms with Gasteiger partial charge in [-0.05, 0) is 42.2 Å². The van der Waals surface area contributed by atoms with Crippen molar-refractivity contribution in [3.8, 4) is 0 Å². The van der Waals surface area contributed by atoms with Crippen molar-refractivity contribution in [1.82, 2.24) is 15.6 Å². The Morgan fingerprint density at radius 2 is 2.00 bits per heavy atom. The molecule has 1 atom stereocenters. The number of benzene rings is 1. The molecule has 2 amide bonds. The summed E-state index contributed by atoms with van der Waals surface area (Å²) in [6.45, 7) is 4.27. The average molecular weight is 343 g/mol. The van der Waals surface area contributed by atoms with Crippen LogP contribution in [0.15, 0.2) is 48.8 Å². The fraction of sp³-hybridized carbons (Fsp3) is 0.316. The highest BCUT2D eigenvalue weighted by atomic mass is 19.1. The first-order valence-corrected chi connectivity index (χ1v) is 8.18. The Kier molecular flexibility index (Phi) is 6.62. The minimum Gasteiger partial charge on any atom is -0.350 e. The maximum atomic E-state index is 13.3. The first-order chi connectivity index (χ1) is 12.0. The molecule has 2 aromatic rings. The van der Waals surface area contributed by atoms with Gasteiger partial charge >= 0.3 is 0 Å². The Balaban J connectivity index is 2.01. The van der Waals surface area contributed by atoms with E-state index in [0.29, 0.717) is 13.0 Å². The molecular weight excluding hydrogens is 321 g/mol. The number of amides is 2. The van der Waals surface area contributed by atoms with Crippen LogP contribution in [-0.2, 0) is 11.3 Å². The summed E-state index contributed by atoms with van der Waals surface area (Å²) in [5, 5.41) is 5.50. The largest absolute Gasteiger partial charge is 0.350 e. The number of pyridine rings is 1. The van der Waals surface area contributed by atoms with Crippen LogP contribution in [0.1, 0.15) is 36.2 Å². The number of hydrogen-bond acceptors (Lipinski definition) is 3. The summed E-state index contributed by atoms with van der Waals surface area (Å²) < 4.78 is 13.3. The normalized spacial score (nSPS) is 11.8. The molecule has 0 spiro atoms. The molecular formula is C19H22FN3O2. The fourth-order valence-electron chi connectivity index (χ4n) is 2.39. The van der Waals surface area contributed by atoms with Gasteiger partial charge in [0.1, 0.15) is 11.9 Å². The Morgan fingerprint density at radius 3 is 2.64 bits per heavy atom. The van der Waals surface area contributed by atoms with Crippen LogP contribution in [0.3, 0.4) is 0 Å². The lowest BCUT2D eigenvalue weighted by Crippen LogP contribution is -2.47. The molecule has 132 valence electrons. The van der Waals surface area contributed by atoms with Gasteiger partial charge in [0.15, 0.2) is 0 Å². The van der Waals surface area contributed by atoms with Gasteiger partial charge in [-0.25, -0.2) is 4.39 Å². The zero-order chi connectivity index (χ0) is 18.2. The lowest BCUT2D eigenvalue weighted by Gasteiger charge is -2.20. The molecule has 0 saturated carbocycles. The summed E-state index contributed by atoms with van der Waals surface area (Å²) in [6, 6.07) is 8.35. The van der Waals surface area contributed by atoms with Crippen molar-refractivity contribution < 1.29 is 14.0 Å². The van der Waals surface area contributed by atoms with E-state index < -0.39 is 17.8 Å². The molecule has 6 heteroatoms. The van der Waals surface area contributed by atoms with Crippen molar-refractivity contribution >= 4 is 11.8 Å². The highest BCUT2D eigenvalue weighted by Crippen LogP contribution is 2.09. The molecule has 0 aliphatic rings. The van der Waals surface area contributed by atoms with E-state index in [1.807, 2.05) is 19.9 Å². The average Bonchev–Trinajstić information content (AvgIpc) is 2.59. The number of carbonyl (C=O) groups is 2. The van der Waals surface area contributed by atoms with Crippen LogP contribution in [0.4, 0.5) is 4.39 Å². The van der Waals surface area contributed by atoms with Crippen LogP contribution < -0.4 is 10.6 Å². The molecule has 0 saturated heterocycles. The van der Waals surface area contributed by atoms with E-state index in [0.717, 1.165) is 11.6 Å². The Morgan fingerprint density at radius 1 is 1.20 bits per heavy atom. The van der Waals surface area contributed by atoms with Crippen molar-refractivity contribution in [2.45, 2.75) is 32.9 Å². The van der Waals surface area contributed by atoms with Crippen molar-refractivity contribution in [3.05, 3.63) is 65.7 Å². The van der Waals surface area contributed by atoms with E-state index >= 15 is 0 Å². The van der Waals surface area contributed by atoms with Crippen molar-refractivity contribution in [2.75, 3.05) is 0 Å². The van der Waals surface area contributed by atoms with E-state index in [4.69, 9.17) is 0 Å². The number of nitrogens with zero attached hydrogens (tertiary/aromatic N) is 1. The van der Waals surface area contributed by atoms with Crippen LogP contribution in [0, 0.1) is 11.7 Å². The Labute approximate surface area is 146 Å². The van der Waals surface area contributed by atoms with Crippen molar-refractivity contribution in [3.63, 3.8) is 0 Å². The van der Waals surface area contributed by atoms with Crippen LogP contribution >= 0.6 is 0 Å². The number of carbonyl (C=O) groups excluding carboxylic acids is 2. The minimum absolute atomic E-state index is 0.189. The number of rotatable bonds is 7. The summed E-state index contributed by atoms with van der Waals surface area (Å²) in [4.78, 5) is 28.8. The number of halogens is 1. The smallest absolute Gasteiger partial charge is 0.252 e. The van der Waals surface area contributed by atoms with Gasteiger partial charge in [0, 0.05) is 24.5 Å². The molecule has 0 unspecified atom stereocenters. The summed E-state index contributed by atoms with van der Waals surface area (Å²) in [7, 11) is 0. The maximum absolute atomic E-state index is 13.3. The highest BCUT2D eigenvalue weighted by molar-refractivity contribution is 5.97. The second-order valence-corrected chi connectivity index (χ2v) is 6.25. The molecule has 25 heavy (non-hydrogen) atoms. The van der Waals surface area contributed by atoms with E-state index in [1.54, 1.807) is 18.5 Å². The summed E-state index contributed by atoms with van der Waals surface area (Å²) in [5.74, 6) is -1.03. The molecule has 1 aromatic carbocycles. The lowest BCUT2D eigenvalue weighted by atomic mass is 10.0. The van der Waals surface area contributed by atoms with Crippen LogP contribution in [0.5, 0.6) is 0 Å². The van der Waals surface area contributed by atoms with E-state index in [2.05, 4.69) is 15.6 Å². The number of aromatic nitrogens is 1. The van der Waals surface area contributed by atoms with E-state index in [9.17, 15) is 14.0 Å². The second kappa shape index (κ2) is 8.92. The number of nitrogens with one attached hydrogen (secondary N) is 2. The predicted octanol–water partition coefficient (Wildman–Crippen LogP) is 2.68. The third-order valence-corrected chi connectivity index (χ3v) is 3.61. The van der Waals surface area contributed by atoms with Crippen LogP contribution in [0.2, 0.25) is 0 Å². The lowest BCUT2D eigenvalue weighted by molar-refractivity contribution is -0.123. The van der Waals surface area contributed by atoms with E-state index in [-0.39, 0.29) is 17.4 Å². The monoisotopic (exact) mass is 343 g/mol. The van der Waals surface area contributed by atoms with Crippen molar-refractivity contribution in [2.24, 2.45) is 5.92 Å². The van der Waals surface area contributed by atoms with Crippen LogP contribution in [-0.4, -0.2) is 22.8 Å². The summed E-state index contributed by atoms with van der Waals surface area (Å²) >= 11 is 0. The van der Waals surface area contributed by atoms with Gasteiger partial charge in [-0.2, -0.15) is 0 Å². The molecule has 0 radical (unpaired) electrons. The van der Waals surface area contributed by atoms with Crippen molar-refractivity contribution in [1.29, 1.82) is 0 Å². The summed E-state index contributed by atoms with van der Waals surface area (Å²) in [5.41, 5.74) is 1.06. The van der Waals surface area contributed by atoms with E-state index in [1.165, 1.54) is 18.2 Å². The molecule has 2 N–H and O–H groups in total. The summed E-state index contributed by atoms with van der Waals surface area (Å²) in [6.07, 6.45) is 3.81. The van der Waals surface area contributed by atoms with Gasteiger partial charge in [-0.1, -0.05) is 26.0 Å². The topological polar surface area (TPSA) is 71.1 Å². The van der Waals surface area contributed by atoms with Gasteiger partial charge in [0.05, 0.1) is 0 Å².